The van der Waals surface area contributed by atoms with Crippen LogP contribution in [0.15, 0.2) is 46.9 Å². The molecule has 3 aromatic rings. The molecule has 9 heteroatoms. The van der Waals surface area contributed by atoms with E-state index >= 15 is 0 Å². The maximum atomic E-state index is 12.4. The first-order valence-electron chi connectivity index (χ1n) is 11.6. The average Bonchev–Trinajstić information content (AvgIpc) is 3.52. The summed E-state index contributed by atoms with van der Waals surface area (Å²) in [6, 6.07) is 12.4. The third-order valence-electron chi connectivity index (χ3n) is 6.01. The Morgan fingerprint density at radius 1 is 1.06 bits per heavy atom. The maximum Gasteiger partial charge on any atom is 0.279 e. The largest absolute Gasteiger partial charge is 0.299 e. The van der Waals surface area contributed by atoms with Crippen molar-refractivity contribution in [1.29, 1.82) is 0 Å². The number of thioether (sulfide) groups is 1. The van der Waals surface area contributed by atoms with Gasteiger partial charge in [0.15, 0.2) is 11.0 Å². The van der Waals surface area contributed by atoms with E-state index in [0.717, 1.165) is 29.4 Å². The summed E-state index contributed by atoms with van der Waals surface area (Å²) < 4.78 is 2.22. The van der Waals surface area contributed by atoms with Gasteiger partial charge in [0.2, 0.25) is 5.91 Å². The van der Waals surface area contributed by atoms with Gasteiger partial charge < -0.3 is 0 Å². The van der Waals surface area contributed by atoms with Crippen molar-refractivity contribution >= 4 is 34.9 Å². The van der Waals surface area contributed by atoms with Crippen molar-refractivity contribution in [2.45, 2.75) is 69.5 Å². The molecule has 7 nitrogen and oxygen atoms in total. The van der Waals surface area contributed by atoms with E-state index in [1.807, 2.05) is 5.38 Å². The van der Waals surface area contributed by atoms with E-state index in [1.54, 1.807) is 12.1 Å². The van der Waals surface area contributed by atoms with Gasteiger partial charge in [-0.3, -0.25) is 25.0 Å². The van der Waals surface area contributed by atoms with Crippen LogP contribution in [0.1, 0.15) is 74.2 Å². The Labute approximate surface area is 208 Å². The lowest BCUT2D eigenvalue weighted by atomic mass is 9.86. The van der Waals surface area contributed by atoms with Crippen LogP contribution in [0.5, 0.6) is 0 Å². The van der Waals surface area contributed by atoms with E-state index in [2.05, 4.69) is 70.7 Å². The molecule has 2 heterocycles. The van der Waals surface area contributed by atoms with Gasteiger partial charge in [0.1, 0.15) is 0 Å². The zero-order valence-corrected chi connectivity index (χ0v) is 21.5. The van der Waals surface area contributed by atoms with Crippen LogP contribution in [0.4, 0.5) is 0 Å². The molecule has 0 unspecified atom stereocenters. The van der Waals surface area contributed by atoms with Gasteiger partial charge in [0, 0.05) is 11.6 Å². The zero-order chi connectivity index (χ0) is 24.1. The van der Waals surface area contributed by atoms with Gasteiger partial charge in [-0.05, 0) is 35.3 Å². The van der Waals surface area contributed by atoms with Crippen molar-refractivity contribution < 1.29 is 9.59 Å². The van der Waals surface area contributed by atoms with Crippen LogP contribution in [0.25, 0.3) is 11.4 Å². The number of hydrogen-bond donors (Lipinski definition) is 2. The molecule has 4 rings (SSSR count). The summed E-state index contributed by atoms with van der Waals surface area (Å²) in [5, 5.41) is 11.5. The van der Waals surface area contributed by atoms with E-state index < -0.39 is 0 Å². The number of nitrogens with one attached hydrogen (secondary N) is 2. The van der Waals surface area contributed by atoms with Crippen LogP contribution in [0, 0.1) is 0 Å². The molecule has 1 aliphatic rings. The SMILES string of the molecule is CC(C)(C)c1ccc(-c2nnc(SCC(=O)NNC(=O)c3cccs3)n2C2CCCCC2)cc1. The van der Waals surface area contributed by atoms with Crippen LogP contribution in [0.3, 0.4) is 0 Å². The summed E-state index contributed by atoms with van der Waals surface area (Å²) in [7, 11) is 0. The van der Waals surface area contributed by atoms with Gasteiger partial charge in [0.05, 0.1) is 10.6 Å². The fourth-order valence-electron chi connectivity index (χ4n) is 4.12. The van der Waals surface area contributed by atoms with Crippen LogP contribution in [-0.4, -0.2) is 32.3 Å². The third-order valence-corrected chi connectivity index (χ3v) is 7.82. The molecule has 0 bridgehead atoms. The Bertz CT molecular complexity index is 1110. The second-order valence-electron chi connectivity index (χ2n) is 9.56. The van der Waals surface area contributed by atoms with Gasteiger partial charge in [-0.2, -0.15) is 0 Å². The maximum absolute atomic E-state index is 12.4. The first-order valence-corrected chi connectivity index (χ1v) is 13.5. The smallest absolute Gasteiger partial charge is 0.279 e. The van der Waals surface area contributed by atoms with E-state index in [4.69, 9.17) is 0 Å². The number of benzene rings is 1. The fourth-order valence-corrected chi connectivity index (χ4v) is 5.55. The Morgan fingerprint density at radius 2 is 1.79 bits per heavy atom. The predicted molar refractivity (Wildman–Crippen MR) is 137 cm³/mol. The van der Waals surface area contributed by atoms with Crippen LogP contribution in [-0.2, 0) is 10.2 Å². The first kappa shape index (κ1) is 24.5. The highest BCUT2D eigenvalue weighted by molar-refractivity contribution is 7.99. The topological polar surface area (TPSA) is 88.9 Å². The van der Waals surface area contributed by atoms with Gasteiger partial charge in [-0.1, -0.05) is 82.1 Å². The summed E-state index contributed by atoms with van der Waals surface area (Å²) in [6.07, 6.45) is 5.79. The minimum Gasteiger partial charge on any atom is -0.299 e. The summed E-state index contributed by atoms with van der Waals surface area (Å²) in [6.45, 7) is 6.61. The summed E-state index contributed by atoms with van der Waals surface area (Å²) in [5.41, 5.74) is 7.35. The molecule has 1 aromatic carbocycles. The second-order valence-corrected chi connectivity index (χ2v) is 11.5. The molecule has 1 aliphatic carbocycles. The molecule has 2 aromatic heterocycles. The number of hydrazine groups is 1. The Balaban J connectivity index is 1.48. The molecule has 1 saturated carbocycles. The predicted octanol–water partition coefficient (Wildman–Crippen LogP) is 5.36. The lowest BCUT2D eigenvalue weighted by Gasteiger charge is -2.26. The molecule has 0 radical (unpaired) electrons. The Kier molecular flexibility index (Phi) is 7.73. The van der Waals surface area contributed by atoms with Crippen molar-refractivity contribution in [3.8, 4) is 11.4 Å². The lowest BCUT2D eigenvalue weighted by molar-refractivity contribution is -0.119. The monoisotopic (exact) mass is 497 g/mol. The highest BCUT2D eigenvalue weighted by Gasteiger charge is 2.25. The number of amides is 2. The fraction of sp³-hybridized carbons (Fsp3) is 0.440. The molecule has 0 aliphatic heterocycles. The van der Waals surface area contributed by atoms with E-state index in [0.29, 0.717) is 10.9 Å². The minimum absolute atomic E-state index is 0.0862. The Hall–Kier alpha value is -2.65. The van der Waals surface area contributed by atoms with Crippen molar-refractivity contribution in [2.24, 2.45) is 0 Å². The number of carbonyl (C=O) groups is 2. The molecular formula is C25H31N5O2S2. The van der Waals surface area contributed by atoms with Crippen LogP contribution in [0.2, 0.25) is 0 Å². The number of carbonyl (C=O) groups excluding carboxylic acids is 2. The second kappa shape index (κ2) is 10.7. The number of nitrogens with zero attached hydrogens (tertiary/aromatic N) is 3. The van der Waals surface area contributed by atoms with Gasteiger partial charge >= 0.3 is 0 Å². The van der Waals surface area contributed by atoms with Crippen LogP contribution >= 0.6 is 23.1 Å². The highest BCUT2D eigenvalue weighted by atomic mass is 32.2. The number of thiophene rings is 1. The first-order chi connectivity index (χ1) is 16.3. The summed E-state index contributed by atoms with van der Waals surface area (Å²) in [4.78, 5) is 25.0. The Morgan fingerprint density at radius 3 is 2.44 bits per heavy atom. The van der Waals surface area contributed by atoms with Crippen molar-refractivity contribution in [3.05, 3.63) is 52.2 Å². The molecule has 0 spiro atoms. The van der Waals surface area contributed by atoms with Gasteiger partial charge in [0.25, 0.3) is 5.91 Å². The van der Waals surface area contributed by atoms with Crippen molar-refractivity contribution in [3.63, 3.8) is 0 Å². The van der Waals surface area contributed by atoms with Crippen LogP contribution < -0.4 is 10.9 Å². The van der Waals surface area contributed by atoms with E-state index in [9.17, 15) is 9.59 Å². The summed E-state index contributed by atoms with van der Waals surface area (Å²) in [5.74, 6) is 0.378. The van der Waals surface area contributed by atoms with Gasteiger partial charge in [-0.25, -0.2) is 0 Å². The molecule has 180 valence electrons. The number of hydrogen-bond acceptors (Lipinski definition) is 6. The molecule has 2 amide bonds. The molecule has 0 atom stereocenters. The minimum atomic E-state index is -0.320. The molecule has 0 saturated heterocycles. The standard InChI is InChI=1S/C25H31N5O2S2/c1-25(2,3)18-13-11-17(12-14-18)22-27-29-24(30(22)19-8-5-4-6-9-19)34-16-21(31)26-28-23(32)20-10-7-15-33-20/h7,10-15,19H,4-6,8-9,16H2,1-3H3,(H,26,31)(H,28,32). The average molecular weight is 498 g/mol. The number of rotatable bonds is 6. The molecule has 34 heavy (non-hydrogen) atoms. The highest BCUT2D eigenvalue weighted by Crippen LogP contribution is 2.36. The normalized spacial score (nSPS) is 14.7. The lowest BCUT2D eigenvalue weighted by Crippen LogP contribution is -2.42. The van der Waals surface area contributed by atoms with E-state index in [-0.39, 0.29) is 23.0 Å². The van der Waals surface area contributed by atoms with Crippen molar-refractivity contribution in [2.75, 3.05) is 5.75 Å². The zero-order valence-electron chi connectivity index (χ0n) is 19.8. The molecule has 2 N–H and O–H groups in total. The van der Waals surface area contributed by atoms with Gasteiger partial charge in [-0.15, -0.1) is 21.5 Å². The molecule has 1 fully saturated rings. The molecular weight excluding hydrogens is 466 g/mol. The quantitative estimate of drug-likeness (QED) is 0.353. The summed E-state index contributed by atoms with van der Waals surface area (Å²) >= 11 is 2.67. The van der Waals surface area contributed by atoms with Crippen molar-refractivity contribution in [1.82, 2.24) is 25.6 Å². The number of aromatic nitrogens is 3. The third kappa shape index (κ3) is 5.88. The van der Waals surface area contributed by atoms with E-state index in [1.165, 1.54) is 47.9 Å².